The third-order valence-corrected chi connectivity index (χ3v) is 5.12. The number of rotatable bonds is 10. The molecule has 1 aromatic heterocycles. The Hall–Kier alpha value is -3.77. The topological polar surface area (TPSA) is 71.3 Å². The summed E-state index contributed by atoms with van der Waals surface area (Å²) in [5, 5.41) is 6.86. The van der Waals surface area contributed by atoms with Crippen LogP contribution < -0.4 is 5.32 Å². The van der Waals surface area contributed by atoms with Gasteiger partial charge in [-0.25, -0.2) is 0 Å². The fraction of sp³-hybridized carbons (Fsp3) is 0.192. The van der Waals surface area contributed by atoms with Crippen LogP contribution in [0.5, 0.6) is 0 Å². The van der Waals surface area contributed by atoms with Gasteiger partial charge in [-0.1, -0.05) is 84.0 Å². The van der Waals surface area contributed by atoms with Crippen LogP contribution in [0.15, 0.2) is 95.5 Å². The number of nitrogens with one attached hydrogen (secondary N) is 1. The third kappa shape index (κ3) is 6.36. The number of hydrogen-bond donors (Lipinski definition) is 1. The van der Waals surface area contributed by atoms with E-state index in [-0.39, 0.29) is 12.5 Å². The maximum absolute atomic E-state index is 12.2. The van der Waals surface area contributed by atoms with Crippen molar-refractivity contribution in [1.82, 2.24) is 20.4 Å². The SMILES string of the molecule is O=C(NCc1noc(CN(CCc2ccccc2)Cc2ccccc2)n1)c1ccccc1. The Bertz CT molecular complexity index is 1100. The van der Waals surface area contributed by atoms with E-state index < -0.39 is 0 Å². The molecule has 4 rings (SSSR count). The fourth-order valence-corrected chi connectivity index (χ4v) is 3.46. The van der Waals surface area contributed by atoms with E-state index in [0.29, 0.717) is 23.8 Å². The summed E-state index contributed by atoms with van der Waals surface area (Å²) >= 11 is 0. The van der Waals surface area contributed by atoms with Gasteiger partial charge in [0.1, 0.15) is 0 Å². The van der Waals surface area contributed by atoms with E-state index in [1.165, 1.54) is 11.1 Å². The smallest absolute Gasteiger partial charge is 0.251 e. The number of aromatic nitrogens is 2. The van der Waals surface area contributed by atoms with Crippen LogP contribution in [-0.4, -0.2) is 27.5 Å². The lowest BCUT2D eigenvalue weighted by molar-refractivity contribution is 0.0949. The summed E-state index contributed by atoms with van der Waals surface area (Å²) in [4.78, 5) is 19.0. The molecule has 0 aliphatic carbocycles. The molecular weight excluding hydrogens is 400 g/mol. The molecule has 0 radical (unpaired) electrons. The maximum Gasteiger partial charge on any atom is 0.251 e. The highest BCUT2D eigenvalue weighted by molar-refractivity contribution is 5.93. The highest BCUT2D eigenvalue weighted by atomic mass is 16.5. The molecule has 0 saturated carbocycles. The molecule has 0 unspecified atom stereocenters. The van der Waals surface area contributed by atoms with E-state index in [4.69, 9.17) is 4.52 Å². The summed E-state index contributed by atoms with van der Waals surface area (Å²) in [5.41, 5.74) is 3.13. The summed E-state index contributed by atoms with van der Waals surface area (Å²) in [6, 6.07) is 29.9. The Balaban J connectivity index is 1.36. The van der Waals surface area contributed by atoms with Crippen molar-refractivity contribution in [3.63, 3.8) is 0 Å². The second-order valence-electron chi connectivity index (χ2n) is 7.58. The van der Waals surface area contributed by atoms with Crippen LogP contribution >= 0.6 is 0 Å². The van der Waals surface area contributed by atoms with Crippen LogP contribution in [0.4, 0.5) is 0 Å². The van der Waals surface area contributed by atoms with Crippen molar-refractivity contribution in [3.05, 3.63) is 119 Å². The standard InChI is InChI=1S/C26H26N4O2/c31-26(23-14-8-3-9-15-23)27-18-24-28-25(32-29-24)20-30(19-22-12-6-2-7-13-22)17-16-21-10-4-1-5-11-21/h1-15H,16-20H2,(H,27,31). The summed E-state index contributed by atoms with van der Waals surface area (Å²) in [7, 11) is 0. The molecule has 0 fully saturated rings. The molecule has 1 amide bonds. The molecule has 4 aromatic rings. The van der Waals surface area contributed by atoms with Gasteiger partial charge < -0.3 is 9.84 Å². The fourth-order valence-electron chi connectivity index (χ4n) is 3.46. The van der Waals surface area contributed by atoms with Crippen molar-refractivity contribution in [2.45, 2.75) is 26.1 Å². The molecule has 162 valence electrons. The maximum atomic E-state index is 12.2. The molecule has 0 aliphatic heterocycles. The first kappa shape index (κ1) is 21.5. The van der Waals surface area contributed by atoms with E-state index in [2.05, 4.69) is 56.8 Å². The van der Waals surface area contributed by atoms with E-state index in [1.807, 2.05) is 42.5 Å². The summed E-state index contributed by atoms with van der Waals surface area (Å²) in [6.07, 6.45) is 0.932. The van der Waals surface area contributed by atoms with Gasteiger partial charge >= 0.3 is 0 Å². The Morgan fingerprint density at radius 1 is 0.812 bits per heavy atom. The predicted molar refractivity (Wildman–Crippen MR) is 123 cm³/mol. The summed E-state index contributed by atoms with van der Waals surface area (Å²) in [6.45, 7) is 2.42. The second kappa shape index (κ2) is 11.0. The van der Waals surface area contributed by atoms with Gasteiger partial charge in [-0.2, -0.15) is 4.98 Å². The van der Waals surface area contributed by atoms with Gasteiger partial charge in [0.25, 0.3) is 5.91 Å². The zero-order chi connectivity index (χ0) is 22.0. The Labute approximate surface area is 187 Å². The van der Waals surface area contributed by atoms with Crippen LogP contribution in [0.1, 0.15) is 33.2 Å². The lowest BCUT2D eigenvalue weighted by Crippen LogP contribution is -2.26. The van der Waals surface area contributed by atoms with E-state index in [0.717, 1.165) is 19.5 Å². The predicted octanol–water partition coefficient (Wildman–Crippen LogP) is 4.24. The summed E-state index contributed by atoms with van der Waals surface area (Å²) < 4.78 is 5.47. The van der Waals surface area contributed by atoms with Crippen LogP contribution in [0.2, 0.25) is 0 Å². The van der Waals surface area contributed by atoms with Gasteiger partial charge in [-0.05, 0) is 29.7 Å². The van der Waals surface area contributed by atoms with Crippen LogP contribution in [0, 0.1) is 0 Å². The average Bonchev–Trinajstić information content (AvgIpc) is 3.30. The number of benzene rings is 3. The van der Waals surface area contributed by atoms with Gasteiger partial charge in [0, 0.05) is 18.7 Å². The molecule has 6 heteroatoms. The van der Waals surface area contributed by atoms with Crippen molar-refractivity contribution in [1.29, 1.82) is 0 Å². The lowest BCUT2D eigenvalue weighted by atomic mass is 10.1. The minimum absolute atomic E-state index is 0.162. The normalized spacial score (nSPS) is 10.9. The molecule has 0 bridgehead atoms. The Kier molecular flexibility index (Phi) is 7.39. The van der Waals surface area contributed by atoms with Crippen molar-refractivity contribution >= 4 is 5.91 Å². The molecule has 0 aliphatic rings. The molecule has 0 spiro atoms. The quantitative estimate of drug-likeness (QED) is 0.411. The number of carbonyl (C=O) groups is 1. The minimum atomic E-state index is -0.162. The van der Waals surface area contributed by atoms with Crippen molar-refractivity contribution in [2.75, 3.05) is 6.54 Å². The monoisotopic (exact) mass is 426 g/mol. The van der Waals surface area contributed by atoms with Crippen LogP contribution in [0.3, 0.4) is 0 Å². The molecule has 1 N–H and O–H groups in total. The summed E-state index contributed by atoms with van der Waals surface area (Å²) in [5.74, 6) is 0.843. The van der Waals surface area contributed by atoms with Crippen molar-refractivity contribution in [3.8, 4) is 0 Å². The molecule has 32 heavy (non-hydrogen) atoms. The van der Waals surface area contributed by atoms with Gasteiger partial charge in [-0.15, -0.1) is 0 Å². The van der Waals surface area contributed by atoms with E-state index in [9.17, 15) is 4.79 Å². The number of amides is 1. The third-order valence-electron chi connectivity index (χ3n) is 5.12. The zero-order valence-corrected chi connectivity index (χ0v) is 17.9. The molecule has 0 saturated heterocycles. The Morgan fingerprint density at radius 2 is 1.44 bits per heavy atom. The largest absolute Gasteiger partial charge is 0.345 e. The lowest BCUT2D eigenvalue weighted by Gasteiger charge is -2.20. The number of nitrogens with zero attached hydrogens (tertiary/aromatic N) is 3. The minimum Gasteiger partial charge on any atom is -0.345 e. The van der Waals surface area contributed by atoms with Gasteiger partial charge in [-0.3, -0.25) is 9.69 Å². The zero-order valence-electron chi connectivity index (χ0n) is 17.9. The van der Waals surface area contributed by atoms with Crippen molar-refractivity contribution in [2.24, 2.45) is 0 Å². The molecule has 0 atom stereocenters. The molecule has 3 aromatic carbocycles. The Morgan fingerprint density at radius 3 is 2.12 bits per heavy atom. The number of hydrogen-bond acceptors (Lipinski definition) is 5. The second-order valence-corrected chi connectivity index (χ2v) is 7.58. The highest BCUT2D eigenvalue weighted by Crippen LogP contribution is 2.11. The van der Waals surface area contributed by atoms with Crippen molar-refractivity contribution < 1.29 is 9.32 Å². The molecular formula is C26H26N4O2. The van der Waals surface area contributed by atoms with Crippen LogP contribution in [0.25, 0.3) is 0 Å². The van der Waals surface area contributed by atoms with Gasteiger partial charge in [0.05, 0.1) is 13.1 Å². The van der Waals surface area contributed by atoms with Crippen LogP contribution in [-0.2, 0) is 26.1 Å². The first-order chi connectivity index (χ1) is 15.8. The molecule has 6 nitrogen and oxygen atoms in total. The average molecular weight is 427 g/mol. The first-order valence-corrected chi connectivity index (χ1v) is 10.7. The van der Waals surface area contributed by atoms with E-state index in [1.54, 1.807) is 12.1 Å². The van der Waals surface area contributed by atoms with Gasteiger partial charge in [0.2, 0.25) is 5.89 Å². The molecule has 1 heterocycles. The van der Waals surface area contributed by atoms with Gasteiger partial charge in [0.15, 0.2) is 5.82 Å². The number of carbonyl (C=O) groups excluding carboxylic acids is 1. The highest BCUT2D eigenvalue weighted by Gasteiger charge is 2.14. The van der Waals surface area contributed by atoms with E-state index >= 15 is 0 Å². The first-order valence-electron chi connectivity index (χ1n) is 10.7.